The molecule has 0 N–H and O–H groups in total. The van der Waals surface area contributed by atoms with Crippen LogP contribution in [0.3, 0.4) is 0 Å². The van der Waals surface area contributed by atoms with E-state index in [4.69, 9.17) is 4.52 Å². The number of hydrogen-bond donors (Lipinski definition) is 0. The van der Waals surface area contributed by atoms with Crippen LogP contribution in [0, 0.1) is 6.92 Å². The number of rotatable bonds is 6. The van der Waals surface area contributed by atoms with Crippen LogP contribution in [0.4, 0.5) is 0 Å². The van der Waals surface area contributed by atoms with E-state index in [1.54, 1.807) is 18.0 Å². The highest BCUT2D eigenvalue weighted by Crippen LogP contribution is 2.43. The predicted octanol–water partition coefficient (Wildman–Crippen LogP) is 4.89. The quantitative estimate of drug-likeness (QED) is 0.423. The van der Waals surface area contributed by atoms with Crippen molar-refractivity contribution in [2.24, 2.45) is 0 Å². The van der Waals surface area contributed by atoms with Crippen LogP contribution in [0.25, 0.3) is 23.0 Å². The molecule has 1 aliphatic carbocycles. The molecule has 0 radical (unpaired) electrons. The average Bonchev–Trinajstić information content (AvgIpc) is 3.29. The number of pyridine rings is 1. The van der Waals surface area contributed by atoms with Gasteiger partial charge >= 0.3 is 0 Å². The van der Waals surface area contributed by atoms with Crippen molar-refractivity contribution >= 4 is 11.8 Å². The largest absolute Gasteiger partial charge is 0.334 e. The van der Waals surface area contributed by atoms with E-state index in [1.165, 1.54) is 0 Å². The van der Waals surface area contributed by atoms with Crippen LogP contribution in [0.1, 0.15) is 42.4 Å². The van der Waals surface area contributed by atoms with Gasteiger partial charge in [-0.15, -0.1) is 10.2 Å². The van der Waals surface area contributed by atoms with E-state index in [9.17, 15) is 0 Å². The summed E-state index contributed by atoms with van der Waals surface area (Å²) in [5.74, 6) is 2.00. The van der Waals surface area contributed by atoms with Gasteiger partial charge in [-0.05, 0) is 51.0 Å². The highest BCUT2D eigenvalue weighted by atomic mass is 32.2. The SMILES string of the molecule is Cc1cccc(-c2nc(C(C)Sc3nnc(-c4ccccn4)n3C3CC3)no2)c1. The van der Waals surface area contributed by atoms with Crippen molar-refractivity contribution in [2.45, 2.75) is 43.1 Å². The third-order valence-electron chi connectivity index (χ3n) is 4.82. The minimum absolute atomic E-state index is 0.0180. The Kier molecular flexibility index (Phi) is 4.63. The fourth-order valence-electron chi connectivity index (χ4n) is 3.20. The summed E-state index contributed by atoms with van der Waals surface area (Å²) in [5.41, 5.74) is 2.93. The Morgan fingerprint density at radius 1 is 1.14 bits per heavy atom. The van der Waals surface area contributed by atoms with Crippen LogP contribution in [-0.2, 0) is 0 Å². The molecule has 29 heavy (non-hydrogen) atoms. The number of nitrogens with zero attached hydrogens (tertiary/aromatic N) is 6. The van der Waals surface area contributed by atoms with E-state index >= 15 is 0 Å². The molecule has 1 unspecified atom stereocenters. The maximum absolute atomic E-state index is 5.50. The van der Waals surface area contributed by atoms with E-state index in [0.717, 1.165) is 40.6 Å². The molecule has 3 aromatic heterocycles. The molecule has 3 heterocycles. The maximum atomic E-state index is 5.50. The first-order valence-electron chi connectivity index (χ1n) is 9.62. The summed E-state index contributed by atoms with van der Waals surface area (Å²) in [6.45, 7) is 4.10. The van der Waals surface area contributed by atoms with Crippen LogP contribution in [-0.4, -0.2) is 29.9 Å². The van der Waals surface area contributed by atoms with Crippen molar-refractivity contribution in [1.29, 1.82) is 0 Å². The molecule has 146 valence electrons. The molecule has 5 rings (SSSR count). The Bertz CT molecular complexity index is 1140. The Balaban J connectivity index is 1.40. The van der Waals surface area contributed by atoms with Gasteiger partial charge in [-0.3, -0.25) is 9.55 Å². The first kappa shape index (κ1) is 18.1. The predicted molar refractivity (Wildman–Crippen MR) is 110 cm³/mol. The van der Waals surface area contributed by atoms with Crippen molar-refractivity contribution < 1.29 is 4.52 Å². The molecule has 0 amide bonds. The lowest BCUT2D eigenvalue weighted by atomic mass is 10.1. The maximum Gasteiger partial charge on any atom is 0.257 e. The summed E-state index contributed by atoms with van der Waals surface area (Å²) in [6.07, 6.45) is 4.06. The molecule has 1 saturated carbocycles. The standard InChI is InChI=1S/C21H20N6OS/c1-13-6-5-7-15(12-13)20-23-18(26-28-20)14(2)29-21-25-24-19(27(21)16-9-10-16)17-8-3-4-11-22-17/h3-8,11-12,14,16H,9-10H2,1-2H3. The summed E-state index contributed by atoms with van der Waals surface area (Å²) in [7, 11) is 0. The topological polar surface area (TPSA) is 82.5 Å². The molecule has 0 aliphatic heterocycles. The molecule has 4 aromatic rings. The smallest absolute Gasteiger partial charge is 0.257 e. The second-order valence-electron chi connectivity index (χ2n) is 7.21. The van der Waals surface area contributed by atoms with Crippen molar-refractivity contribution in [3.05, 3.63) is 60.0 Å². The summed E-state index contributed by atoms with van der Waals surface area (Å²) >= 11 is 1.60. The van der Waals surface area contributed by atoms with E-state index in [2.05, 4.69) is 36.8 Å². The van der Waals surface area contributed by atoms with Gasteiger partial charge in [0.15, 0.2) is 16.8 Å². The summed E-state index contributed by atoms with van der Waals surface area (Å²) < 4.78 is 7.70. The monoisotopic (exact) mass is 404 g/mol. The first-order chi connectivity index (χ1) is 14.2. The van der Waals surface area contributed by atoms with Crippen molar-refractivity contribution in [2.75, 3.05) is 0 Å². The minimum atomic E-state index is -0.0180. The molecule has 1 atom stereocenters. The molecule has 1 aliphatic rings. The molecule has 0 saturated heterocycles. The molecule has 8 heteroatoms. The lowest BCUT2D eigenvalue weighted by molar-refractivity contribution is 0.423. The van der Waals surface area contributed by atoms with Gasteiger partial charge in [-0.1, -0.05) is 40.7 Å². The second kappa shape index (κ2) is 7.44. The van der Waals surface area contributed by atoms with Crippen LogP contribution < -0.4 is 0 Å². The lowest BCUT2D eigenvalue weighted by Crippen LogP contribution is -2.02. The molecule has 1 fully saturated rings. The number of aromatic nitrogens is 6. The highest BCUT2D eigenvalue weighted by Gasteiger charge is 2.31. The second-order valence-corrected chi connectivity index (χ2v) is 8.52. The normalized spacial score (nSPS) is 14.8. The van der Waals surface area contributed by atoms with Crippen molar-refractivity contribution in [1.82, 2.24) is 29.9 Å². The van der Waals surface area contributed by atoms with Crippen LogP contribution in [0.15, 0.2) is 58.3 Å². The Labute approximate surface area is 172 Å². The van der Waals surface area contributed by atoms with Gasteiger partial charge in [0, 0.05) is 17.8 Å². The van der Waals surface area contributed by atoms with Gasteiger partial charge < -0.3 is 4.52 Å². The Morgan fingerprint density at radius 2 is 2.03 bits per heavy atom. The molecule has 7 nitrogen and oxygen atoms in total. The van der Waals surface area contributed by atoms with Crippen LogP contribution >= 0.6 is 11.8 Å². The van der Waals surface area contributed by atoms with Gasteiger partial charge in [-0.2, -0.15) is 4.98 Å². The average molecular weight is 404 g/mol. The van der Waals surface area contributed by atoms with Gasteiger partial charge in [0.05, 0.1) is 5.25 Å². The summed E-state index contributed by atoms with van der Waals surface area (Å²) in [4.78, 5) is 9.05. The summed E-state index contributed by atoms with van der Waals surface area (Å²) in [6, 6.07) is 14.3. The summed E-state index contributed by atoms with van der Waals surface area (Å²) in [5, 5.41) is 13.9. The molecule has 1 aromatic carbocycles. The van der Waals surface area contributed by atoms with Crippen LogP contribution in [0.2, 0.25) is 0 Å². The fourth-order valence-corrected chi connectivity index (χ4v) is 4.15. The molecule has 0 bridgehead atoms. The van der Waals surface area contributed by atoms with E-state index in [1.807, 2.05) is 49.4 Å². The lowest BCUT2D eigenvalue weighted by Gasteiger charge is -2.10. The van der Waals surface area contributed by atoms with Crippen molar-refractivity contribution in [3.8, 4) is 23.0 Å². The third-order valence-corrected chi connectivity index (χ3v) is 5.88. The molecular formula is C21H20N6OS. The number of hydrogen-bond acceptors (Lipinski definition) is 7. The zero-order chi connectivity index (χ0) is 19.8. The van der Waals surface area contributed by atoms with E-state index in [-0.39, 0.29) is 5.25 Å². The molecule has 0 spiro atoms. The van der Waals surface area contributed by atoms with E-state index < -0.39 is 0 Å². The third kappa shape index (κ3) is 3.67. The highest BCUT2D eigenvalue weighted by molar-refractivity contribution is 7.99. The van der Waals surface area contributed by atoms with Crippen LogP contribution in [0.5, 0.6) is 0 Å². The van der Waals surface area contributed by atoms with Gasteiger partial charge in [0.1, 0.15) is 5.69 Å². The van der Waals surface area contributed by atoms with Gasteiger partial charge in [0.2, 0.25) is 0 Å². The Morgan fingerprint density at radius 3 is 2.79 bits per heavy atom. The fraction of sp³-hybridized carbons (Fsp3) is 0.286. The number of thioether (sulfide) groups is 1. The van der Waals surface area contributed by atoms with Crippen molar-refractivity contribution in [3.63, 3.8) is 0 Å². The molecular weight excluding hydrogens is 384 g/mol. The zero-order valence-electron chi connectivity index (χ0n) is 16.2. The van der Waals surface area contributed by atoms with Gasteiger partial charge in [-0.25, -0.2) is 0 Å². The minimum Gasteiger partial charge on any atom is -0.334 e. The Hall–Kier alpha value is -3.00. The first-order valence-corrected chi connectivity index (χ1v) is 10.5. The number of aryl methyl sites for hydroxylation is 1. The zero-order valence-corrected chi connectivity index (χ0v) is 17.0. The van der Waals surface area contributed by atoms with Gasteiger partial charge in [0.25, 0.3) is 5.89 Å². The van der Waals surface area contributed by atoms with E-state index in [0.29, 0.717) is 17.8 Å². The number of benzene rings is 1.